The number of nitrogens with zero attached hydrogens (tertiary/aromatic N) is 1. The van der Waals surface area contributed by atoms with E-state index < -0.39 is 18.0 Å². The molecule has 0 aromatic heterocycles. The van der Waals surface area contributed by atoms with E-state index >= 15 is 0 Å². The zero-order valence-corrected chi connectivity index (χ0v) is 16.5. The SMILES string of the molecule is COc1cccc(C(=O)NCC(=O)OC(C)C(=O)N2CCCc3ccccc32)c1. The van der Waals surface area contributed by atoms with Crippen molar-refractivity contribution in [1.82, 2.24) is 5.32 Å². The second-order valence-corrected chi connectivity index (χ2v) is 6.77. The molecule has 29 heavy (non-hydrogen) atoms. The maximum atomic E-state index is 12.8. The van der Waals surface area contributed by atoms with Gasteiger partial charge in [0.1, 0.15) is 12.3 Å². The molecule has 3 rings (SSSR count). The van der Waals surface area contributed by atoms with E-state index in [1.165, 1.54) is 7.11 Å². The topological polar surface area (TPSA) is 84.9 Å². The highest BCUT2D eigenvalue weighted by Crippen LogP contribution is 2.27. The molecule has 1 aliphatic heterocycles. The average Bonchev–Trinajstić information content (AvgIpc) is 2.76. The Morgan fingerprint density at radius 1 is 1.14 bits per heavy atom. The van der Waals surface area contributed by atoms with E-state index in [0.29, 0.717) is 17.9 Å². The molecule has 1 aliphatic rings. The molecule has 2 amide bonds. The molecule has 1 atom stereocenters. The van der Waals surface area contributed by atoms with Gasteiger partial charge in [0, 0.05) is 17.8 Å². The third-order valence-corrected chi connectivity index (χ3v) is 4.76. The van der Waals surface area contributed by atoms with E-state index in [-0.39, 0.29) is 12.5 Å². The van der Waals surface area contributed by atoms with Crippen molar-refractivity contribution in [3.05, 3.63) is 59.7 Å². The van der Waals surface area contributed by atoms with Gasteiger partial charge in [-0.25, -0.2) is 0 Å². The van der Waals surface area contributed by atoms with Gasteiger partial charge in [-0.3, -0.25) is 14.4 Å². The van der Waals surface area contributed by atoms with Crippen LogP contribution in [-0.4, -0.2) is 44.1 Å². The molecule has 0 bridgehead atoms. The van der Waals surface area contributed by atoms with Crippen LogP contribution < -0.4 is 15.0 Å². The van der Waals surface area contributed by atoms with Gasteiger partial charge in [0.25, 0.3) is 11.8 Å². The van der Waals surface area contributed by atoms with Crippen molar-refractivity contribution in [2.75, 3.05) is 25.1 Å². The minimum Gasteiger partial charge on any atom is -0.497 e. The first-order valence-corrected chi connectivity index (χ1v) is 9.50. The first-order valence-electron chi connectivity index (χ1n) is 9.50. The Morgan fingerprint density at radius 2 is 1.93 bits per heavy atom. The van der Waals surface area contributed by atoms with Gasteiger partial charge >= 0.3 is 5.97 Å². The number of amides is 2. The van der Waals surface area contributed by atoms with Crippen molar-refractivity contribution < 1.29 is 23.9 Å². The number of anilines is 1. The van der Waals surface area contributed by atoms with Crippen LogP contribution >= 0.6 is 0 Å². The fraction of sp³-hybridized carbons (Fsp3) is 0.318. The summed E-state index contributed by atoms with van der Waals surface area (Å²) in [7, 11) is 1.51. The molecule has 2 aromatic carbocycles. The number of esters is 1. The number of hydrogen-bond donors (Lipinski definition) is 1. The lowest BCUT2D eigenvalue weighted by atomic mass is 10.0. The maximum absolute atomic E-state index is 12.8. The minimum absolute atomic E-state index is 0.273. The molecule has 1 N–H and O–H groups in total. The lowest BCUT2D eigenvalue weighted by Crippen LogP contribution is -2.43. The Bertz CT molecular complexity index is 912. The molecular weight excluding hydrogens is 372 g/mol. The van der Waals surface area contributed by atoms with Crippen LogP contribution in [0.25, 0.3) is 0 Å². The van der Waals surface area contributed by atoms with Crippen LogP contribution in [0.3, 0.4) is 0 Å². The quantitative estimate of drug-likeness (QED) is 0.758. The standard InChI is InChI=1S/C22H24N2O5/c1-15(22(27)24-12-6-9-16-7-3-4-11-19(16)24)29-20(25)14-23-21(26)17-8-5-10-18(13-17)28-2/h3-5,7-8,10-11,13,15H,6,9,12,14H2,1-2H3,(H,23,26). The molecule has 0 saturated heterocycles. The summed E-state index contributed by atoms with van der Waals surface area (Å²) in [4.78, 5) is 38.7. The van der Waals surface area contributed by atoms with Gasteiger partial charge in [-0.1, -0.05) is 24.3 Å². The van der Waals surface area contributed by atoms with E-state index in [1.54, 1.807) is 36.1 Å². The second kappa shape index (κ2) is 9.23. The second-order valence-electron chi connectivity index (χ2n) is 6.77. The zero-order chi connectivity index (χ0) is 20.8. The van der Waals surface area contributed by atoms with Crippen molar-refractivity contribution in [2.24, 2.45) is 0 Å². The summed E-state index contributed by atoms with van der Waals surface area (Å²) in [6, 6.07) is 14.3. The van der Waals surface area contributed by atoms with Crippen LogP contribution in [0.4, 0.5) is 5.69 Å². The number of aryl methyl sites for hydroxylation is 1. The molecule has 2 aromatic rings. The van der Waals surface area contributed by atoms with Crippen molar-refractivity contribution >= 4 is 23.5 Å². The number of para-hydroxylation sites is 1. The van der Waals surface area contributed by atoms with Crippen LogP contribution in [0.15, 0.2) is 48.5 Å². The molecule has 7 heteroatoms. The number of fused-ring (bicyclic) bond motifs is 1. The highest BCUT2D eigenvalue weighted by atomic mass is 16.5. The smallest absolute Gasteiger partial charge is 0.326 e. The first kappa shape index (κ1) is 20.4. The fourth-order valence-corrected chi connectivity index (χ4v) is 3.29. The Labute approximate surface area is 169 Å². The molecule has 0 radical (unpaired) electrons. The monoisotopic (exact) mass is 396 g/mol. The first-order chi connectivity index (χ1) is 14.0. The van der Waals surface area contributed by atoms with Gasteiger partial charge in [0.2, 0.25) is 0 Å². The van der Waals surface area contributed by atoms with E-state index in [1.807, 2.05) is 24.3 Å². The van der Waals surface area contributed by atoms with Gasteiger partial charge in [0.05, 0.1) is 7.11 Å². The fourth-order valence-electron chi connectivity index (χ4n) is 3.29. The van der Waals surface area contributed by atoms with E-state index in [0.717, 1.165) is 24.1 Å². The third kappa shape index (κ3) is 4.93. The van der Waals surface area contributed by atoms with Gasteiger partial charge in [-0.05, 0) is 49.6 Å². The highest BCUT2D eigenvalue weighted by Gasteiger charge is 2.28. The number of ether oxygens (including phenoxy) is 2. The largest absolute Gasteiger partial charge is 0.497 e. The van der Waals surface area contributed by atoms with Crippen LogP contribution in [0.5, 0.6) is 5.75 Å². The Morgan fingerprint density at radius 3 is 2.72 bits per heavy atom. The van der Waals surface area contributed by atoms with Gasteiger partial charge in [-0.2, -0.15) is 0 Å². The van der Waals surface area contributed by atoms with E-state index in [2.05, 4.69) is 5.32 Å². The minimum atomic E-state index is -0.942. The van der Waals surface area contributed by atoms with Crippen molar-refractivity contribution in [2.45, 2.75) is 25.9 Å². The maximum Gasteiger partial charge on any atom is 0.326 e. The Kier molecular flexibility index (Phi) is 6.49. The van der Waals surface area contributed by atoms with E-state index in [4.69, 9.17) is 9.47 Å². The molecule has 1 heterocycles. The lowest BCUT2D eigenvalue weighted by Gasteiger charge is -2.31. The summed E-state index contributed by atoms with van der Waals surface area (Å²) in [5, 5.41) is 2.50. The molecule has 1 unspecified atom stereocenters. The van der Waals surface area contributed by atoms with Crippen LogP contribution in [0.1, 0.15) is 29.3 Å². The summed E-state index contributed by atoms with van der Waals surface area (Å²) in [5.41, 5.74) is 2.33. The molecule has 0 spiro atoms. The molecular formula is C22H24N2O5. The summed E-state index contributed by atoms with van der Waals surface area (Å²) >= 11 is 0. The molecule has 0 aliphatic carbocycles. The number of carbonyl (C=O) groups excluding carboxylic acids is 3. The number of carbonyl (C=O) groups is 3. The van der Waals surface area contributed by atoms with Crippen molar-refractivity contribution in [3.8, 4) is 5.75 Å². The number of nitrogens with one attached hydrogen (secondary N) is 1. The Hall–Kier alpha value is -3.35. The van der Waals surface area contributed by atoms with Gasteiger partial charge < -0.3 is 19.7 Å². The lowest BCUT2D eigenvalue weighted by molar-refractivity contribution is -0.152. The van der Waals surface area contributed by atoms with Gasteiger partial charge in [0.15, 0.2) is 6.10 Å². The molecule has 7 nitrogen and oxygen atoms in total. The average molecular weight is 396 g/mol. The number of methoxy groups -OCH3 is 1. The number of benzene rings is 2. The predicted molar refractivity (Wildman–Crippen MR) is 108 cm³/mol. The summed E-state index contributed by atoms with van der Waals surface area (Å²) in [5.74, 6) is -0.831. The molecule has 152 valence electrons. The predicted octanol–water partition coefficient (Wildman–Crippen LogP) is 2.34. The van der Waals surface area contributed by atoms with Crippen LogP contribution in [-0.2, 0) is 20.7 Å². The summed E-state index contributed by atoms with van der Waals surface area (Å²) < 4.78 is 10.3. The summed E-state index contributed by atoms with van der Waals surface area (Å²) in [6.45, 7) is 1.80. The highest BCUT2D eigenvalue weighted by molar-refractivity contribution is 5.99. The molecule has 0 saturated carbocycles. The van der Waals surface area contributed by atoms with Crippen LogP contribution in [0.2, 0.25) is 0 Å². The summed E-state index contributed by atoms with van der Waals surface area (Å²) in [6.07, 6.45) is 0.840. The zero-order valence-electron chi connectivity index (χ0n) is 16.5. The van der Waals surface area contributed by atoms with Gasteiger partial charge in [-0.15, -0.1) is 0 Å². The van der Waals surface area contributed by atoms with Crippen molar-refractivity contribution in [3.63, 3.8) is 0 Å². The van der Waals surface area contributed by atoms with Crippen molar-refractivity contribution in [1.29, 1.82) is 0 Å². The normalized spacial score (nSPS) is 13.8. The third-order valence-electron chi connectivity index (χ3n) is 4.76. The number of rotatable bonds is 6. The van der Waals surface area contributed by atoms with E-state index in [9.17, 15) is 14.4 Å². The Balaban J connectivity index is 1.54. The van der Waals surface area contributed by atoms with Crippen LogP contribution in [0, 0.1) is 0 Å². The molecule has 0 fully saturated rings. The number of hydrogen-bond acceptors (Lipinski definition) is 5.